The molecule has 2 heterocycles. The molecule has 5 heteroatoms. The minimum atomic E-state index is -2.77. The number of rotatable bonds is 5. The van der Waals surface area contributed by atoms with Crippen LogP contribution in [0.2, 0.25) is 0 Å². The molecule has 0 fully saturated rings. The van der Waals surface area contributed by atoms with E-state index in [1.54, 1.807) is 11.3 Å². The van der Waals surface area contributed by atoms with Gasteiger partial charge in [0.2, 0.25) is 0 Å². The number of fused-ring (bicyclic) bond motifs is 3. The lowest BCUT2D eigenvalue weighted by Crippen LogP contribution is -2.74. The number of thiophene rings is 1. The van der Waals surface area contributed by atoms with Gasteiger partial charge in [0.05, 0.1) is 13.1 Å². The molecule has 0 bridgehead atoms. The third-order valence-corrected chi connectivity index (χ3v) is 13.8. The minimum absolute atomic E-state index is 0.625. The van der Waals surface area contributed by atoms with E-state index in [0.717, 1.165) is 10.4 Å². The molecule has 7 aromatic rings. The smallest absolute Gasteiger partial charge is 0.187 e. The van der Waals surface area contributed by atoms with Crippen molar-refractivity contribution in [1.29, 1.82) is 0 Å². The fraction of sp³-hybridized carbons (Fsp3) is 0. The van der Waals surface area contributed by atoms with Gasteiger partial charge in [0, 0.05) is 21.7 Å². The van der Waals surface area contributed by atoms with Crippen molar-refractivity contribution in [3.63, 3.8) is 0 Å². The summed E-state index contributed by atoms with van der Waals surface area (Å²) >= 11 is 1.73. The summed E-state index contributed by atoms with van der Waals surface area (Å²) in [5.74, 6) is 0. The molecular formula is C37H23N3SSi. The van der Waals surface area contributed by atoms with E-state index in [4.69, 9.17) is 13.1 Å². The second-order valence-electron chi connectivity index (χ2n) is 10.2. The van der Waals surface area contributed by atoms with Gasteiger partial charge >= 0.3 is 0 Å². The number of pyridine rings is 1. The van der Waals surface area contributed by atoms with Crippen LogP contribution in [0.15, 0.2) is 140 Å². The summed E-state index contributed by atoms with van der Waals surface area (Å²) in [5.41, 5.74) is 3.59. The van der Waals surface area contributed by atoms with Crippen LogP contribution in [0.5, 0.6) is 0 Å². The molecule has 2 aromatic heterocycles. The Balaban J connectivity index is 1.42. The van der Waals surface area contributed by atoms with Crippen molar-refractivity contribution in [1.82, 2.24) is 4.98 Å². The highest BCUT2D eigenvalue weighted by Crippen LogP contribution is 2.35. The fourth-order valence-electron chi connectivity index (χ4n) is 5.96. The quantitative estimate of drug-likeness (QED) is 0.119. The van der Waals surface area contributed by atoms with Gasteiger partial charge in [-0.25, -0.2) is 14.7 Å². The molecule has 0 saturated carbocycles. The number of hydrogen-bond acceptors (Lipinski definition) is 2. The molecule has 5 aromatic carbocycles. The first-order valence-corrected chi connectivity index (χ1v) is 16.4. The normalized spacial score (nSPS) is 11.3. The van der Waals surface area contributed by atoms with Crippen molar-refractivity contribution in [2.75, 3.05) is 0 Å². The van der Waals surface area contributed by atoms with Crippen LogP contribution in [-0.2, 0) is 0 Å². The van der Waals surface area contributed by atoms with E-state index in [9.17, 15) is 0 Å². The van der Waals surface area contributed by atoms with E-state index >= 15 is 0 Å². The van der Waals surface area contributed by atoms with Gasteiger partial charge in [-0.2, -0.15) is 0 Å². The molecule has 0 radical (unpaired) electrons. The average molecular weight is 570 g/mol. The van der Waals surface area contributed by atoms with E-state index in [1.807, 2.05) is 36.5 Å². The first-order chi connectivity index (χ1) is 20.7. The van der Waals surface area contributed by atoms with Gasteiger partial charge < -0.3 is 0 Å². The summed E-state index contributed by atoms with van der Waals surface area (Å²) in [6, 6.07) is 46.7. The van der Waals surface area contributed by atoms with Crippen LogP contribution in [0.25, 0.3) is 41.1 Å². The summed E-state index contributed by atoms with van der Waals surface area (Å²) in [4.78, 5) is 12.9. The highest BCUT2D eigenvalue weighted by molar-refractivity contribution is 7.25. The molecule has 0 aliphatic carbocycles. The molecule has 0 spiro atoms. The van der Waals surface area contributed by atoms with Crippen molar-refractivity contribution in [2.24, 2.45) is 0 Å². The minimum Gasteiger partial charge on any atom is -0.245 e. The lowest BCUT2D eigenvalue weighted by atomic mass is 10.0. The first-order valence-electron chi connectivity index (χ1n) is 13.6. The Kier molecular flexibility index (Phi) is 6.45. The maximum Gasteiger partial charge on any atom is 0.187 e. The Hall–Kier alpha value is -5.33. The van der Waals surface area contributed by atoms with Crippen molar-refractivity contribution in [2.45, 2.75) is 0 Å². The summed E-state index contributed by atoms with van der Waals surface area (Å²) in [6.45, 7) is 15.0. The fourth-order valence-corrected chi connectivity index (χ4v) is 11.7. The molecule has 0 N–H and O–H groups in total. The standard InChI is InChI=1S/C37H23N3SSi/c1-38-28-13-19-32(20-14-28)42(30-7-4-3-5-8-30,33-21-15-29(39-2)16-22-33)31-17-10-26(11-18-31)27-12-23-34-35-9-6-24-40-37(35)41-36(34)25-27/h3-25H. The van der Waals surface area contributed by atoms with Gasteiger partial charge in [0.15, 0.2) is 19.4 Å². The average Bonchev–Trinajstić information content (AvgIpc) is 3.44. The molecule has 0 amide bonds. The zero-order chi connectivity index (χ0) is 28.5. The van der Waals surface area contributed by atoms with Gasteiger partial charge in [-0.15, -0.1) is 11.3 Å². The van der Waals surface area contributed by atoms with Crippen molar-refractivity contribution < 1.29 is 0 Å². The lowest BCUT2D eigenvalue weighted by molar-refractivity contribution is 1.45. The molecule has 0 aliphatic rings. The second kappa shape index (κ2) is 10.6. The topological polar surface area (TPSA) is 21.6 Å². The predicted octanol–water partition coefficient (Wildman–Crippen LogP) is 7.60. The Labute approximate surface area is 249 Å². The van der Waals surface area contributed by atoms with Crippen LogP contribution < -0.4 is 20.7 Å². The summed E-state index contributed by atoms with van der Waals surface area (Å²) in [7, 11) is -2.77. The van der Waals surface area contributed by atoms with Gasteiger partial charge in [0.25, 0.3) is 0 Å². The maximum absolute atomic E-state index is 7.50. The summed E-state index contributed by atoms with van der Waals surface area (Å²) < 4.78 is 1.23. The number of nitrogens with zero attached hydrogens (tertiary/aromatic N) is 3. The molecule has 0 saturated heterocycles. The van der Waals surface area contributed by atoms with Gasteiger partial charge in [-0.1, -0.05) is 115 Å². The van der Waals surface area contributed by atoms with E-state index in [-0.39, 0.29) is 0 Å². The predicted molar refractivity (Wildman–Crippen MR) is 179 cm³/mol. The number of hydrogen-bond donors (Lipinski definition) is 0. The highest BCUT2D eigenvalue weighted by Gasteiger charge is 2.41. The molecular weight excluding hydrogens is 547 g/mol. The van der Waals surface area contributed by atoms with E-state index < -0.39 is 8.07 Å². The Bertz CT molecular complexity index is 2080. The second-order valence-corrected chi connectivity index (χ2v) is 15.0. The first kappa shape index (κ1) is 25.6. The van der Waals surface area contributed by atoms with Crippen LogP contribution in [0.4, 0.5) is 11.4 Å². The van der Waals surface area contributed by atoms with Crippen molar-refractivity contribution in [3.8, 4) is 11.1 Å². The van der Waals surface area contributed by atoms with Crippen LogP contribution in [0.3, 0.4) is 0 Å². The molecule has 3 nitrogen and oxygen atoms in total. The van der Waals surface area contributed by atoms with Gasteiger partial charge in [-0.3, -0.25) is 0 Å². The highest BCUT2D eigenvalue weighted by atomic mass is 32.1. The third kappa shape index (κ3) is 4.20. The molecule has 0 atom stereocenters. The number of aromatic nitrogens is 1. The third-order valence-electron chi connectivity index (χ3n) is 7.97. The van der Waals surface area contributed by atoms with E-state index in [2.05, 4.69) is 118 Å². The van der Waals surface area contributed by atoms with Crippen LogP contribution >= 0.6 is 11.3 Å². The Morgan fingerprint density at radius 3 is 1.67 bits per heavy atom. The van der Waals surface area contributed by atoms with Gasteiger partial charge in [0.1, 0.15) is 4.83 Å². The molecule has 0 aliphatic heterocycles. The zero-order valence-electron chi connectivity index (χ0n) is 22.5. The Morgan fingerprint density at radius 1 is 0.524 bits per heavy atom. The van der Waals surface area contributed by atoms with Crippen LogP contribution in [-0.4, -0.2) is 13.1 Å². The van der Waals surface area contributed by atoms with Crippen LogP contribution in [0, 0.1) is 13.1 Å². The monoisotopic (exact) mass is 569 g/mol. The van der Waals surface area contributed by atoms with Crippen molar-refractivity contribution in [3.05, 3.63) is 162 Å². The summed E-state index contributed by atoms with van der Waals surface area (Å²) in [5, 5.41) is 7.34. The van der Waals surface area contributed by atoms with Crippen LogP contribution in [0.1, 0.15) is 0 Å². The number of benzene rings is 5. The largest absolute Gasteiger partial charge is 0.245 e. The Morgan fingerprint density at radius 2 is 1.07 bits per heavy atom. The van der Waals surface area contributed by atoms with Gasteiger partial charge in [-0.05, 0) is 50.1 Å². The van der Waals surface area contributed by atoms with Crippen molar-refractivity contribution >= 4 is 71.8 Å². The molecule has 7 rings (SSSR count). The molecule has 196 valence electrons. The summed E-state index contributed by atoms with van der Waals surface area (Å²) in [6.07, 6.45) is 1.85. The van der Waals surface area contributed by atoms with E-state index in [1.165, 1.54) is 41.8 Å². The molecule has 0 unspecified atom stereocenters. The SMILES string of the molecule is [C-]#[N+]c1ccc([Si](c2ccccc2)(c2ccc([N+]#[C-])cc2)c2ccc(-c3ccc4c(c3)sc3ncccc34)cc2)cc1. The molecule has 42 heavy (non-hydrogen) atoms. The maximum atomic E-state index is 7.50. The lowest BCUT2D eigenvalue weighted by Gasteiger charge is -2.34. The zero-order valence-corrected chi connectivity index (χ0v) is 24.3. The van der Waals surface area contributed by atoms with E-state index in [0.29, 0.717) is 11.4 Å².